The zero-order chi connectivity index (χ0) is 24.8. The number of aromatic amines is 1. The van der Waals surface area contributed by atoms with Crippen LogP contribution in [0.1, 0.15) is 74.6 Å². The number of nitrogens with zero attached hydrogens (tertiary/aromatic N) is 4. The maximum atomic E-state index is 5.63. The summed E-state index contributed by atoms with van der Waals surface area (Å²) in [5.41, 5.74) is 8.76. The van der Waals surface area contributed by atoms with E-state index in [1.54, 1.807) is 18.0 Å². The number of aromatic nitrogens is 5. The first-order chi connectivity index (χ1) is 17.5. The van der Waals surface area contributed by atoms with E-state index in [1.165, 1.54) is 42.5 Å². The second kappa shape index (κ2) is 9.48. The normalized spacial score (nSPS) is 22.8. The van der Waals surface area contributed by atoms with E-state index < -0.39 is 0 Å². The van der Waals surface area contributed by atoms with E-state index in [9.17, 15) is 0 Å². The Kier molecular flexibility index (Phi) is 6.17. The van der Waals surface area contributed by atoms with Crippen molar-refractivity contribution in [1.82, 2.24) is 29.9 Å². The van der Waals surface area contributed by atoms with Crippen molar-refractivity contribution in [2.75, 3.05) is 20.3 Å². The molecule has 0 spiro atoms. The van der Waals surface area contributed by atoms with E-state index in [1.807, 2.05) is 12.3 Å². The monoisotopic (exact) mass is 488 g/mol. The van der Waals surface area contributed by atoms with Gasteiger partial charge >= 0.3 is 0 Å². The molecule has 1 saturated heterocycles. The molecule has 1 unspecified atom stereocenters. The van der Waals surface area contributed by atoms with Gasteiger partial charge in [0, 0.05) is 47.6 Å². The van der Waals surface area contributed by atoms with Crippen LogP contribution in [0.25, 0.3) is 27.9 Å². The van der Waals surface area contributed by atoms with Gasteiger partial charge in [0.15, 0.2) is 11.4 Å². The first-order valence-corrected chi connectivity index (χ1v) is 13.3. The summed E-state index contributed by atoms with van der Waals surface area (Å²) in [5.74, 6) is 1.53. The molecule has 1 aliphatic carbocycles. The number of methoxy groups -OCH3 is 1. The number of pyridine rings is 2. The molecule has 6 rings (SSSR count). The third kappa shape index (κ3) is 4.16. The Hall–Kier alpha value is -2.97. The molecule has 2 N–H and O–H groups in total. The van der Waals surface area contributed by atoms with Crippen molar-refractivity contribution in [3.05, 3.63) is 41.5 Å². The Morgan fingerprint density at radius 2 is 1.97 bits per heavy atom. The molecule has 190 valence electrons. The number of hydrogen-bond donors (Lipinski definition) is 2. The molecule has 2 aliphatic rings. The van der Waals surface area contributed by atoms with Gasteiger partial charge in [-0.15, -0.1) is 0 Å². The van der Waals surface area contributed by atoms with Crippen LogP contribution >= 0.6 is 0 Å². The molecule has 1 saturated carbocycles. The lowest BCUT2D eigenvalue weighted by Gasteiger charge is -2.31. The number of fused-ring (bicyclic) bond motifs is 2. The Balaban J connectivity index is 1.34. The number of nitrogens with one attached hydrogen (secondary N) is 2. The fourth-order valence-corrected chi connectivity index (χ4v) is 6.17. The molecule has 4 aromatic heterocycles. The van der Waals surface area contributed by atoms with Gasteiger partial charge < -0.3 is 19.8 Å². The van der Waals surface area contributed by atoms with Crippen LogP contribution in [0.3, 0.4) is 0 Å². The predicted molar refractivity (Wildman–Crippen MR) is 141 cm³/mol. The average Bonchev–Trinajstić information content (AvgIpc) is 3.63. The van der Waals surface area contributed by atoms with Gasteiger partial charge in [-0.25, -0.2) is 9.50 Å². The lowest BCUT2D eigenvalue weighted by molar-refractivity contribution is 0.185. The minimum absolute atomic E-state index is 0.308. The van der Waals surface area contributed by atoms with Crippen molar-refractivity contribution < 1.29 is 9.47 Å². The van der Waals surface area contributed by atoms with E-state index in [-0.39, 0.29) is 0 Å². The van der Waals surface area contributed by atoms with Crippen LogP contribution in [0, 0.1) is 6.92 Å². The van der Waals surface area contributed by atoms with Crippen molar-refractivity contribution in [2.24, 2.45) is 0 Å². The van der Waals surface area contributed by atoms with Crippen molar-refractivity contribution in [3.63, 3.8) is 0 Å². The number of rotatable bonds is 6. The number of hydrogen-bond acceptors (Lipinski definition) is 6. The highest BCUT2D eigenvalue weighted by molar-refractivity contribution is 5.89. The maximum Gasteiger partial charge on any atom is 0.197 e. The SMILES string of the molecule is COc1cc(-c2[nH]c3cc(C)c(C4CCC(NC5CCOC5)CC4)nc3c2C(C)C)cn2ncnc12. The Bertz CT molecular complexity index is 1380. The Morgan fingerprint density at radius 1 is 1.14 bits per heavy atom. The van der Waals surface area contributed by atoms with Gasteiger partial charge in [-0.05, 0) is 62.6 Å². The van der Waals surface area contributed by atoms with Crippen molar-refractivity contribution in [3.8, 4) is 17.0 Å². The molecule has 0 radical (unpaired) electrons. The van der Waals surface area contributed by atoms with Gasteiger partial charge in [0.05, 0.1) is 30.4 Å². The summed E-state index contributed by atoms with van der Waals surface area (Å²) in [7, 11) is 1.67. The van der Waals surface area contributed by atoms with Gasteiger partial charge in [0.1, 0.15) is 6.33 Å². The van der Waals surface area contributed by atoms with Gasteiger partial charge in [0.2, 0.25) is 0 Å². The van der Waals surface area contributed by atoms with Crippen molar-refractivity contribution in [2.45, 2.75) is 76.8 Å². The molecule has 1 aliphatic heterocycles. The highest BCUT2D eigenvalue weighted by atomic mass is 16.5. The molecule has 0 amide bonds. The summed E-state index contributed by atoms with van der Waals surface area (Å²) < 4.78 is 13.0. The molecule has 36 heavy (non-hydrogen) atoms. The van der Waals surface area contributed by atoms with Crippen LogP contribution in [0.15, 0.2) is 24.7 Å². The zero-order valence-corrected chi connectivity index (χ0v) is 21.7. The lowest BCUT2D eigenvalue weighted by atomic mass is 9.82. The van der Waals surface area contributed by atoms with Crippen molar-refractivity contribution in [1.29, 1.82) is 0 Å². The second-order valence-electron chi connectivity index (χ2n) is 10.8. The van der Waals surface area contributed by atoms with Gasteiger partial charge in [-0.1, -0.05) is 13.8 Å². The standard InChI is InChI=1S/C28H36N6O2/c1-16(2)24-26(19-12-23(35-4)28-29-15-30-34(28)13-19)32-22-11-17(3)25(33-27(22)24)18-5-7-20(8-6-18)31-21-9-10-36-14-21/h11-13,15-16,18,20-21,31-32H,5-10,14H2,1-4H3. The molecule has 4 aromatic rings. The summed E-state index contributed by atoms with van der Waals surface area (Å²) in [5, 5.41) is 8.18. The highest BCUT2D eigenvalue weighted by Crippen LogP contribution is 2.40. The fourth-order valence-electron chi connectivity index (χ4n) is 6.17. The molecular weight excluding hydrogens is 452 g/mol. The van der Waals surface area contributed by atoms with Crippen LogP contribution in [0.5, 0.6) is 5.75 Å². The number of ether oxygens (including phenoxy) is 2. The van der Waals surface area contributed by atoms with Gasteiger partial charge in [-0.3, -0.25) is 4.98 Å². The summed E-state index contributed by atoms with van der Waals surface area (Å²) in [6.45, 7) is 8.44. The van der Waals surface area contributed by atoms with E-state index in [0.717, 1.165) is 41.9 Å². The third-order valence-electron chi connectivity index (χ3n) is 7.98. The third-order valence-corrected chi connectivity index (χ3v) is 7.98. The number of aryl methyl sites for hydroxylation is 1. The first-order valence-electron chi connectivity index (χ1n) is 13.3. The average molecular weight is 489 g/mol. The van der Waals surface area contributed by atoms with Crippen LogP contribution < -0.4 is 10.1 Å². The highest BCUT2D eigenvalue weighted by Gasteiger charge is 2.28. The Morgan fingerprint density at radius 3 is 2.69 bits per heavy atom. The number of H-pyrrole nitrogens is 1. The van der Waals surface area contributed by atoms with E-state index in [2.05, 4.69) is 47.2 Å². The zero-order valence-electron chi connectivity index (χ0n) is 21.7. The van der Waals surface area contributed by atoms with E-state index in [0.29, 0.717) is 35.3 Å². The topological polar surface area (TPSA) is 89.4 Å². The summed E-state index contributed by atoms with van der Waals surface area (Å²) >= 11 is 0. The molecule has 8 nitrogen and oxygen atoms in total. The van der Waals surface area contributed by atoms with Crippen LogP contribution in [-0.4, -0.2) is 57.0 Å². The van der Waals surface area contributed by atoms with Gasteiger partial charge in [0.25, 0.3) is 0 Å². The summed E-state index contributed by atoms with van der Waals surface area (Å²) in [4.78, 5) is 13.4. The lowest BCUT2D eigenvalue weighted by Crippen LogP contribution is -2.40. The largest absolute Gasteiger partial charge is 0.493 e. The first kappa shape index (κ1) is 23.4. The molecule has 1 atom stereocenters. The summed E-state index contributed by atoms with van der Waals surface area (Å²) in [6.07, 6.45) is 9.47. The molecule has 8 heteroatoms. The quantitative estimate of drug-likeness (QED) is 0.392. The summed E-state index contributed by atoms with van der Waals surface area (Å²) in [6, 6.07) is 5.46. The minimum atomic E-state index is 0.308. The Labute approximate surface area is 211 Å². The second-order valence-corrected chi connectivity index (χ2v) is 10.8. The van der Waals surface area contributed by atoms with Crippen LogP contribution in [0.4, 0.5) is 0 Å². The molecule has 0 aromatic carbocycles. The van der Waals surface area contributed by atoms with E-state index >= 15 is 0 Å². The minimum Gasteiger partial charge on any atom is -0.493 e. The van der Waals surface area contributed by atoms with E-state index in [4.69, 9.17) is 14.5 Å². The van der Waals surface area contributed by atoms with Crippen molar-refractivity contribution >= 4 is 16.7 Å². The predicted octanol–water partition coefficient (Wildman–Crippen LogP) is 5.12. The molecular formula is C28H36N6O2. The molecule has 0 bridgehead atoms. The molecule has 5 heterocycles. The smallest absolute Gasteiger partial charge is 0.197 e. The van der Waals surface area contributed by atoms with Crippen LogP contribution in [-0.2, 0) is 4.74 Å². The maximum absolute atomic E-state index is 5.63. The van der Waals surface area contributed by atoms with Crippen LogP contribution in [0.2, 0.25) is 0 Å². The van der Waals surface area contributed by atoms with Gasteiger partial charge in [-0.2, -0.15) is 5.10 Å². The fraction of sp³-hybridized carbons (Fsp3) is 0.536. The molecule has 2 fully saturated rings.